The Morgan fingerprint density at radius 1 is 1.12 bits per heavy atom. The number of hydrogen-bond donors (Lipinski definition) is 2. The van der Waals surface area contributed by atoms with Gasteiger partial charge in [-0.2, -0.15) is 9.97 Å². The highest BCUT2D eigenvalue weighted by atomic mass is 35.5. The van der Waals surface area contributed by atoms with Gasteiger partial charge in [0.25, 0.3) is 0 Å². The first-order valence-electron chi connectivity index (χ1n) is 9.84. The van der Waals surface area contributed by atoms with Gasteiger partial charge in [-0.05, 0) is 30.8 Å². The van der Waals surface area contributed by atoms with Crippen molar-refractivity contribution in [3.63, 3.8) is 0 Å². The molecule has 4 aromatic rings. The van der Waals surface area contributed by atoms with Crippen LogP contribution in [-0.2, 0) is 13.0 Å². The van der Waals surface area contributed by atoms with E-state index < -0.39 is 5.69 Å². The molecular formula is C21H18Cl2N8O. The molecule has 162 valence electrons. The van der Waals surface area contributed by atoms with E-state index in [2.05, 4.69) is 37.2 Å². The van der Waals surface area contributed by atoms with E-state index in [4.69, 9.17) is 28.9 Å². The zero-order valence-electron chi connectivity index (χ0n) is 17.0. The molecule has 0 amide bonds. The number of nitrogen functional groups attached to an aromatic ring is 1. The molecule has 32 heavy (non-hydrogen) atoms. The molecule has 1 aliphatic rings. The van der Waals surface area contributed by atoms with Crippen molar-refractivity contribution in [3.8, 4) is 5.69 Å². The Hall–Kier alpha value is -3.27. The van der Waals surface area contributed by atoms with Gasteiger partial charge in [0.05, 0.1) is 33.0 Å². The number of nitrogens with one attached hydrogen (secondary N) is 1. The maximum Gasteiger partial charge on any atom is 0.355 e. The third-order valence-electron chi connectivity index (χ3n) is 5.33. The van der Waals surface area contributed by atoms with Crippen molar-refractivity contribution in [1.29, 1.82) is 0 Å². The maximum atomic E-state index is 12.8. The van der Waals surface area contributed by atoms with Crippen LogP contribution in [0.2, 0.25) is 10.0 Å². The minimum atomic E-state index is -0.645. The molecule has 11 heteroatoms. The summed E-state index contributed by atoms with van der Waals surface area (Å²) in [6, 6.07) is 6.95. The molecule has 4 heterocycles. The fourth-order valence-electron chi connectivity index (χ4n) is 3.75. The van der Waals surface area contributed by atoms with Crippen LogP contribution in [0.5, 0.6) is 0 Å². The lowest BCUT2D eigenvalue weighted by Crippen LogP contribution is -2.27. The number of rotatable bonds is 3. The van der Waals surface area contributed by atoms with Gasteiger partial charge in [-0.3, -0.25) is 4.98 Å². The Labute approximate surface area is 192 Å². The second-order valence-corrected chi connectivity index (χ2v) is 8.37. The van der Waals surface area contributed by atoms with E-state index in [0.29, 0.717) is 5.39 Å². The first-order valence-corrected chi connectivity index (χ1v) is 10.6. The van der Waals surface area contributed by atoms with Crippen LogP contribution in [0, 0.1) is 0 Å². The highest BCUT2D eigenvalue weighted by molar-refractivity contribution is 6.37. The molecule has 0 spiro atoms. The first kappa shape index (κ1) is 20.6. The standard InChI is InChI=1S/C21H18Cl2N8O/c1-30-6-5-16-11(10-30)7-12(8-25-16)27-20-26-9-13-18(24)31(21(32)29-19(13)28-20)17-14(22)3-2-4-15(17)23/h2-4,7-9H,5-6,10,24H2,1H3,(H,27,28,29,32). The van der Waals surface area contributed by atoms with Crippen LogP contribution in [0.25, 0.3) is 16.7 Å². The number of benzene rings is 1. The largest absolute Gasteiger partial charge is 0.384 e. The number of nitrogens with two attached hydrogens (primary N) is 1. The summed E-state index contributed by atoms with van der Waals surface area (Å²) >= 11 is 12.5. The third kappa shape index (κ3) is 3.64. The van der Waals surface area contributed by atoms with Crippen molar-refractivity contribution in [2.24, 2.45) is 0 Å². The number of aromatic nitrogens is 5. The average Bonchev–Trinajstić information content (AvgIpc) is 2.75. The Morgan fingerprint density at radius 2 is 1.91 bits per heavy atom. The van der Waals surface area contributed by atoms with Crippen LogP contribution in [0.4, 0.5) is 17.5 Å². The molecule has 0 saturated carbocycles. The molecule has 5 rings (SSSR count). The first-order chi connectivity index (χ1) is 15.4. The van der Waals surface area contributed by atoms with Crippen LogP contribution >= 0.6 is 23.2 Å². The van der Waals surface area contributed by atoms with E-state index in [1.807, 2.05) is 6.07 Å². The van der Waals surface area contributed by atoms with E-state index in [0.717, 1.165) is 41.0 Å². The summed E-state index contributed by atoms with van der Waals surface area (Å²) in [6.45, 7) is 1.82. The molecule has 3 aromatic heterocycles. The molecule has 0 radical (unpaired) electrons. The monoisotopic (exact) mass is 468 g/mol. The van der Waals surface area contributed by atoms with E-state index in [9.17, 15) is 4.79 Å². The van der Waals surface area contributed by atoms with Gasteiger partial charge >= 0.3 is 5.69 Å². The van der Waals surface area contributed by atoms with E-state index >= 15 is 0 Å². The van der Waals surface area contributed by atoms with E-state index in [1.54, 1.807) is 24.4 Å². The Bertz CT molecular complexity index is 1400. The minimum Gasteiger partial charge on any atom is -0.384 e. The van der Waals surface area contributed by atoms with Crippen molar-refractivity contribution in [2.75, 3.05) is 24.6 Å². The lowest BCUT2D eigenvalue weighted by atomic mass is 10.1. The average molecular weight is 469 g/mol. The Kier molecular flexibility index (Phi) is 5.16. The lowest BCUT2D eigenvalue weighted by Gasteiger charge is -2.24. The van der Waals surface area contributed by atoms with E-state index in [-0.39, 0.29) is 33.1 Å². The van der Waals surface area contributed by atoms with Crippen LogP contribution in [0.3, 0.4) is 0 Å². The molecular weight excluding hydrogens is 451 g/mol. The van der Waals surface area contributed by atoms with Crippen LogP contribution in [-0.4, -0.2) is 43.0 Å². The molecule has 0 atom stereocenters. The number of likely N-dealkylation sites (N-methyl/N-ethyl adjacent to an activating group) is 1. The maximum absolute atomic E-state index is 12.8. The number of anilines is 3. The smallest absolute Gasteiger partial charge is 0.355 e. The zero-order valence-corrected chi connectivity index (χ0v) is 18.5. The van der Waals surface area contributed by atoms with Gasteiger partial charge in [0.1, 0.15) is 5.82 Å². The van der Waals surface area contributed by atoms with Crippen LogP contribution in [0.15, 0.2) is 41.5 Å². The van der Waals surface area contributed by atoms with E-state index in [1.165, 1.54) is 6.20 Å². The summed E-state index contributed by atoms with van der Waals surface area (Å²) in [7, 11) is 2.08. The predicted octanol–water partition coefficient (Wildman–Crippen LogP) is 3.19. The second-order valence-electron chi connectivity index (χ2n) is 7.56. The van der Waals surface area contributed by atoms with Gasteiger partial charge in [0.15, 0.2) is 5.65 Å². The zero-order chi connectivity index (χ0) is 22.4. The minimum absolute atomic E-state index is 0.0973. The summed E-state index contributed by atoms with van der Waals surface area (Å²) in [5.41, 5.74) is 9.06. The summed E-state index contributed by atoms with van der Waals surface area (Å²) in [5, 5.41) is 4.08. The van der Waals surface area contributed by atoms with Gasteiger partial charge in [-0.1, -0.05) is 29.3 Å². The highest BCUT2D eigenvalue weighted by Gasteiger charge is 2.18. The topological polar surface area (TPSA) is 115 Å². The summed E-state index contributed by atoms with van der Waals surface area (Å²) in [5.74, 6) is 0.378. The van der Waals surface area contributed by atoms with Gasteiger partial charge in [-0.15, -0.1) is 0 Å². The molecule has 0 aliphatic carbocycles. The SMILES string of the molecule is CN1CCc2ncc(Nc3ncc4c(N)n(-c5c(Cl)cccc5Cl)c(=O)nc4n3)cc2C1. The van der Waals surface area contributed by atoms with Crippen molar-refractivity contribution in [2.45, 2.75) is 13.0 Å². The number of fused-ring (bicyclic) bond motifs is 2. The summed E-state index contributed by atoms with van der Waals surface area (Å²) in [6.07, 6.45) is 4.17. The molecule has 9 nitrogen and oxygen atoms in total. The van der Waals surface area contributed by atoms with Crippen LogP contribution < -0.4 is 16.7 Å². The quantitative estimate of drug-likeness (QED) is 0.470. The number of halogens is 2. The van der Waals surface area contributed by atoms with Gasteiger partial charge in [-0.25, -0.2) is 14.3 Å². The van der Waals surface area contributed by atoms with Crippen molar-refractivity contribution < 1.29 is 0 Å². The normalized spacial score (nSPS) is 13.8. The number of para-hydroxylation sites is 1. The highest BCUT2D eigenvalue weighted by Crippen LogP contribution is 2.30. The van der Waals surface area contributed by atoms with Crippen LogP contribution in [0.1, 0.15) is 11.3 Å². The van der Waals surface area contributed by atoms with Gasteiger partial charge in [0.2, 0.25) is 5.95 Å². The number of pyridine rings is 1. The molecule has 0 fully saturated rings. The molecule has 0 saturated heterocycles. The van der Waals surface area contributed by atoms with Crippen molar-refractivity contribution in [3.05, 3.63) is 68.4 Å². The molecule has 1 aliphatic heterocycles. The third-order valence-corrected chi connectivity index (χ3v) is 5.94. The van der Waals surface area contributed by atoms with Gasteiger partial charge < -0.3 is 16.0 Å². The molecule has 0 bridgehead atoms. The lowest BCUT2D eigenvalue weighted by molar-refractivity contribution is 0.310. The molecule has 1 aromatic carbocycles. The Balaban J connectivity index is 1.53. The van der Waals surface area contributed by atoms with Crippen molar-refractivity contribution >= 4 is 51.7 Å². The molecule has 3 N–H and O–H groups in total. The van der Waals surface area contributed by atoms with Crippen molar-refractivity contribution in [1.82, 2.24) is 29.4 Å². The summed E-state index contributed by atoms with van der Waals surface area (Å²) in [4.78, 5) is 32.3. The fourth-order valence-corrected chi connectivity index (χ4v) is 4.31. The second kappa shape index (κ2) is 8.01. The number of hydrogen-bond acceptors (Lipinski definition) is 8. The number of nitrogens with zero attached hydrogens (tertiary/aromatic N) is 6. The fraction of sp³-hybridized carbons (Fsp3) is 0.190. The summed E-state index contributed by atoms with van der Waals surface area (Å²) < 4.78 is 1.16. The molecule has 0 unspecified atom stereocenters. The van der Waals surface area contributed by atoms with Gasteiger partial charge in [0, 0.05) is 31.4 Å². The Morgan fingerprint density at radius 3 is 2.69 bits per heavy atom. The predicted molar refractivity (Wildman–Crippen MR) is 125 cm³/mol.